The molecule has 2 heterocycles. The van der Waals surface area contributed by atoms with Gasteiger partial charge in [-0.05, 0) is 36.4 Å². The summed E-state index contributed by atoms with van der Waals surface area (Å²) in [6.07, 6.45) is -3.42. The smallest absolute Gasteiger partial charge is 0.406 e. The van der Waals surface area contributed by atoms with Crippen LogP contribution in [-0.4, -0.2) is 32.1 Å². The van der Waals surface area contributed by atoms with E-state index in [1.807, 2.05) is 0 Å². The van der Waals surface area contributed by atoms with Crippen LogP contribution in [0, 0.1) is 0 Å². The lowest BCUT2D eigenvalue weighted by molar-refractivity contribution is -0.274. The van der Waals surface area contributed by atoms with Crippen molar-refractivity contribution in [2.24, 2.45) is 0 Å². The molecule has 0 unspecified atom stereocenters. The lowest BCUT2D eigenvalue weighted by Crippen LogP contribution is -2.17. The van der Waals surface area contributed by atoms with Crippen LogP contribution < -0.4 is 10.1 Å². The topological polar surface area (TPSA) is 81.4 Å². The van der Waals surface area contributed by atoms with Crippen LogP contribution in [0.3, 0.4) is 0 Å². The van der Waals surface area contributed by atoms with Gasteiger partial charge in [-0.1, -0.05) is 0 Å². The van der Waals surface area contributed by atoms with Crippen LogP contribution in [0.4, 0.5) is 18.9 Å². The van der Waals surface area contributed by atoms with Crippen molar-refractivity contribution in [2.75, 3.05) is 5.32 Å². The molecule has 3 aromatic rings. The Labute approximate surface area is 126 Å². The van der Waals surface area contributed by atoms with Gasteiger partial charge in [0.05, 0.1) is 0 Å². The molecule has 0 aliphatic rings. The first kappa shape index (κ1) is 14.8. The second-order valence-corrected chi connectivity index (χ2v) is 4.38. The molecule has 0 radical (unpaired) electrons. The summed E-state index contributed by atoms with van der Waals surface area (Å²) >= 11 is 0. The SMILES string of the molecule is O=C(Nc1ccc(OC(F)(F)F)cc1)c1ccc2nncn2n1. The Morgan fingerprint density at radius 2 is 1.87 bits per heavy atom. The zero-order chi connectivity index (χ0) is 16.4. The average molecular weight is 323 g/mol. The zero-order valence-corrected chi connectivity index (χ0v) is 11.3. The molecule has 0 spiro atoms. The van der Waals surface area contributed by atoms with Crippen LogP contribution in [0.15, 0.2) is 42.7 Å². The fourth-order valence-corrected chi connectivity index (χ4v) is 1.78. The van der Waals surface area contributed by atoms with Crippen LogP contribution in [0.5, 0.6) is 5.75 Å². The van der Waals surface area contributed by atoms with Crippen molar-refractivity contribution >= 4 is 17.2 Å². The maximum absolute atomic E-state index is 12.1. The number of carbonyl (C=O) groups excluding carboxylic acids is 1. The predicted octanol–water partition coefficient (Wildman–Crippen LogP) is 2.28. The number of anilines is 1. The molecule has 10 heteroatoms. The fraction of sp³-hybridized carbons (Fsp3) is 0.0769. The van der Waals surface area contributed by atoms with Crippen molar-refractivity contribution in [3.05, 3.63) is 48.4 Å². The van der Waals surface area contributed by atoms with Gasteiger partial charge in [-0.2, -0.15) is 9.61 Å². The van der Waals surface area contributed by atoms with E-state index in [0.29, 0.717) is 11.3 Å². The Hall–Kier alpha value is -3.17. The lowest BCUT2D eigenvalue weighted by Gasteiger charge is -2.09. The highest BCUT2D eigenvalue weighted by molar-refractivity contribution is 6.02. The number of alkyl halides is 3. The maximum atomic E-state index is 12.1. The standard InChI is InChI=1S/C13H8F3N5O2/c14-13(15,16)23-9-3-1-8(2-4-9)18-12(22)10-5-6-11-19-17-7-21(11)20-10/h1-7H,(H,18,22). The van der Waals surface area contributed by atoms with Gasteiger partial charge in [0.15, 0.2) is 5.65 Å². The average Bonchev–Trinajstić information content (AvgIpc) is 2.95. The minimum Gasteiger partial charge on any atom is -0.406 e. The second kappa shape index (κ2) is 5.55. The molecule has 118 valence electrons. The van der Waals surface area contributed by atoms with E-state index in [9.17, 15) is 18.0 Å². The molecule has 0 bridgehead atoms. The minimum absolute atomic E-state index is 0.105. The van der Waals surface area contributed by atoms with Crippen LogP contribution in [0.1, 0.15) is 10.5 Å². The molecule has 1 amide bonds. The quantitative estimate of drug-likeness (QED) is 0.800. The van der Waals surface area contributed by atoms with Crippen LogP contribution >= 0.6 is 0 Å². The molecule has 3 rings (SSSR count). The molecule has 0 aliphatic heterocycles. The number of aromatic nitrogens is 4. The molecule has 1 N–H and O–H groups in total. The third kappa shape index (κ3) is 3.54. The first-order valence-corrected chi connectivity index (χ1v) is 6.25. The van der Waals surface area contributed by atoms with E-state index >= 15 is 0 Å². The van der Waals surface area contributed by atoms with Gasteiger partial charge in [0.1, 0.15) is 17.8 Å². The highest BCUT2D eigenvalue weighted by atomic mass is 19.4. The van der Waals surface area contributed by atoms with Crippen molar-refractivity contribution in [1.29, 1.82) is 0 Å². The van der Waals surface area contributed by atoms with Crippen molar-refractivity contribution in [3.8, 4) is 5.75 Å². The van der Waals surface area contributed by atoms with Crippen molar-refractivity contribution in [2.45, 2.75) is 6.36 Å². The lowest BCUT2D eigenvalue weighted by atomic mass is 10.3. The van der Waals surface area contributed by atoms with Gasteiger partial charge in [0.2, 0.25) is 0 Å². The van der Waals surface area contributed by atoms with Crippen molar-refractivity contribution < 1.29 is 22.7 Å². The predicted molar refractivity (Wildman–Crippen MR) is 71.9 cm³/mol. The number of nitrogens with zero attached hydrogens (tertiary/aromatic N) is 4. The summed E-state index contributed by atoms with van der Waals surface area (Å²) in [5.41, 5.74) is 0.887. The van der Waals surface area contributed by atoms with Crippen LogP contribution in [0.2, 0.25) is 0 Å². The van der Waals surface area contributed by atoms with Gasteiger partial charge in [-0.15, -0.1) is 23.4 Å². The summed E-state index contributed by atoms with van der Waals surface area (Å²) in [6.45, 7) is 0. The normalized spacial score (nSPS) is 11.4. The number of halogens is 3. The second-order valence-electron chi connectivity index (χ2n) is 4.38. The first-order valence-electron chi connectivity index (χ1n) is 6.25. The van der Waals surface area contributed by atoms with Crippen LogP contribution in [0.25, 0.3) is 5.65 Å². The van der Waals surface area contributed by atoms with Crippen molar-refractivity contribution in [3.63, 3.8) is 0 Å². The first-order chi connectivity index (χ1) is 10.9. The summed E-state index contributed by atoms with van der Waals surface area (Å²) in [5, 5.41) is 13.9. The Morgan fingerprint density at radius 1 is 1.13 bits per heavy atom. The van der Waals surface area contributed by atoms with E-state index in [0.717, 1.165) is 12.1 Å². The number of carbonyl (C=O) groups is 1. The summed E-state index contributed by atoms with van der Waals surface area (Å²) in [4.78, 5) is 12.1. The number of amides is 1. The number of fused-ring (bicyclic) bond motifs is 1. The molecule has 1 aromatic carbocycles. The molecule has 0 saturated carbocycles. The molecule has 0 atom stereocenters. The summed E-state index contributed by atoms with van der Waals surface area (Å²) in [5.74, 6) is -0.898. The summed E-state index contributed by atoms with van der Waals surface area (Å²) in [7, 11) is 0. The number of nitrogens with one attached hydrogen (secondary N) is 1. The van der Waals surface area contributed by atoms with E-state index in [4.69, 9.17) is 0 Å². The molecular weight excluding hydrogens is 315 g/mol. The maximum Gasteiger partial charge on any atom is 0.573 e. The van der Waals surface area contributed by atoms with E-state index < -0.39 is 12.3 Å². The van der Waals surface area contributed by atoms with E-state index in [1.165, 1.54) is 29.0 Å². The number of ether oxygens (including phenoxy) is 1. The highest BCUT2D eigenvalue weighted by Crippen LogP contribution is 2.24. The van der Waals surface area contributed by atoms with Crippen molar-refractivity contribution in [1.82, 2.24) is 19.8 Å². The summed E-state index contributed by atoms with van der Waals surface area (Å²) < 4.78 is 41.3. The largest absolute Gasteiger partial charge is 0.573 e. The number of hydrogen-bond acceptors (Lipinski definition) is 5. The van der Waals surface area contributed by atoms with E-state index in [1.54, 1.807) is 6.07 Å². The minimum atomic E-state index is -4.76. The third-order valence-corrected chi connectivity index (χ3v) is 2.74. The Kier molecular flexibility index (Phi) is 3.56. The monoisotopic (exact) mass is 323 g/mol. The Bertz CT molecular complexity index is 845. The van der Waals surface area contributed by atoms with Gasteiger partial charge in [0, 0.05) is 5.69 Å². The molecule has 0 fully saturated rings. The molecule has 0 aliphatic carbocycles. The fourth-order valence-electron chi connectivity index (χ4n) is 1.78. The zero-order valence-electron chi connectivity index (χ0n) is 11.3. The van der Waals surface area contributed by atoms with Gasteiger partial charge in [0.25, 0.3) is 5.91 Å². The molecule has 7 nitrogen and oxygen atoms in total. The van der Waals surface area contributed by atoms with Crippen LogP contribution in [-0.2, 0) is 0 Å². The van der Waals surface area contributed by atoms with E-state index in [-0.39, 0.29) is 11.4 Å². The highest BCUT2D eigenvalue weighted by Gasteiger charge is 2.30. The Morgan fingerprint density at radius 3 is 2.57 bits per heavy atom. The molecule has 2 aromatic heterocycles. The van der Waals surface area contributed by atoms with Gasteiger partial charge < -0.3 is 10.1 Å². The van der Waals surface area contributed by atoms with Gasteiger partial charge in [-0.25, -0.2) is 0 Å². The van der Waals surface area contributed by atoms with E-state index in [2.05, 4.69) is 25.3 Å². The third-order valence-electron chi connectivity index (χ3n) is 2.74. The van der Waals surface area contributed by atoms with Gasteiger partial charge >= 0.3 is 6.36 Å². The molecular formula is C13H8F3N5O2. The van der Waals surface area contributed by atoms with Gasteiger partial charge in [-0.3, -0.25) is 4.79 Å². The number of rotatable bonds is 3. The molecule has 23 heavy (non-hydrogen) atoms. The molecule has 0 saturated heterocycles. The summed E-state index contributed by atoms with van der Waals surface area (Å²) in [6, 6.07) is 7.79. The Balaban J connectivity index is 1.72. The number of benzene rings is 1. The number of hydrogen-bond donors (Lipinski definition) is 1.